The maximum Gasteiger partial charge on any atom is 0.310 e. The lowest BCUT2D eigenvalue weighted by Gasteiger charge is -2.20. The van der Waals surface area contributed by atoms with Crippen LogP contribution in [0.3, 0.4) is 0 Å². The number of hydrogen-bond acceptors (Lipinski definition) is 4. The van der Waals surface area contributed by atoms with Crippen LogP contribution in [0.15, 0.2) is 18.2 Å². The molecule has 0 saturated carbocycles. The third-order valence-electron chi connectivity index (χ3n) is 2.64. The maximum atomic E-state index is 10.5. The summed E-state index contributed by atoms with van der Waals surface area (Å²) in [7, 11) is 1.91. The number of phenolic OH excluding ortho intramolecular Hbond substituents is 1. The first-order chi connectivity index (χ1) is 7.91. The number of nitrogens with zero attached hydrogens (tertiary/aromatic N) is 2. The number of benzene rings is 1. The van der Waals surface area contributed by atoms with Crippen molar-refractivity contribution in [3.05, 3.63) is 28.3 Å². The molecule has 94 valence electrons. The van der Waals surface area contributed by atoms with Crippen LogP contribution in [0, 0.1) is 16.0 Å². The van der Waals surface area contributed by atoms with Crippen LogP contribution < -0.4 is 4.90 Å². The second-order valence-electron chi connectivity index (χ2n) is 4.53. The maximum absolute atomic E-state index is 10.5. The first-order valence-electron chi connectivity index (χ1n) is 5.60. The number of anilines is 1. The highest BCUT2D eigenvalue weighted by Crippen LogP contribution is 2.29. The van der Waals surface area contributed by atoms with Crippen LogP contribution in [0.25, 0.3) is 0 Å². The molecule has 17 heavy (non-hydrogen) atoms. The van der Waals surface area contributed by atoms with Crippen LogP contribution in [0.4, 0.5) is 11.4 Å². The number of nitro benzene ring substituents is 1. The van der Waals surface area contributed by atoms with E-state index in [2.05, 4.69) is 13.8 Å². The lowest BCUT2D eigenvalue weighted by molar-refractivity contribution is -0.385. The van der Waals surface area contributed by atoms with Crippen LogP contribution >= 0.6 is 0 Å². The molecule has 1 N–H and O–H groups in total. The molecular formula is C12H18N2O3. The molecule has 0 fully saturated rings. The predicted molar refractivity (Wildman–Crippen MR) is 67.5 cm³/mol. The molecule has 5 nitrogen and oxygen atoms in total. The second-order valence-corrected chi connectivity index (χ2v) is 4.53. The van der Waals surface area contributed by atoms with E-state index in [4.69, 9.17) is 0 Å². The highest BCUT2D eigenvalue weighted by atomic mass is 16.6. The number of aromatic hydroxyl groups is 1. The zero-order chi connectivity index (χ0) is 13.0. The fourth-order valence-electron chi connectivity index (χ4n) is 1.48. The van der Waals surface area contributed by atoms with Crippen LogP contribution in [-0.2, 0) is 0 Å². The molecule has 0 aromatic heterocycles. The molecule has 0 atom stereocenters. The topological polar surface area (TPSA) is 66.6 Å². The van der Waals surface area contributed by atoms with Crippen molar-refractivity contribution in [2.45, 2.75) is 20.3 Å². The summed E-state index contributed by atoms with van der Waals surface area (Å²) in [6.45, 7) is 5.14. The third-order valence-corrected chi connectivity index (χ3v) is 2.64. The molecule has 0 amide bonds. The molecule has 1 rings (SSSR count). The average molecular weight is 238 g/mol. The van der Waals surface area contributed by atoms with E-state index >= 15 is 0 Å². The standard InChI is InChI=1S/C12H18N2O3/c1-9(2)6-7-13(3)10-4-5-11(14(16)17)12(15)8-10/h4-5,8-9,15H,6-7H2,1-3H3. The SMILES string of the molecule is CC(C)CCN(C)c1ccc([N+](=O)[O-])c(O)c1. The van der Waals surface area contributed by atoms with Crippen molar-refractivity contribution in [1.29, 1.82) is 0 Å². The number of phenols is 1. The smallest absolute Gasteiger partial charge is 0.310 e. The first kappa shape index (κ1) is 13.3. The van der Waals surface area contributed by atoms with Crippen molar-refractivity contribution >= 4 is 11.4 Å². The van der Waals surface area contributed by atoms with Gasteiger partial charge in [-0.3, -0.25) is 10.1 Å². The minimum Gasteiger partial charge on any atom is -0.502 e. The van der Waals surface area contributed by atoms with Gasteiger partial charge in [-0.2, -0.15) is 0 Å². The molecule has 0 aliphatic heterocycles. The summed E-state index contributed by atoms with van der Waals surface area (Å²) in [6, 6.07) is 4.41. The second kappa shape index (κ2) is 5.52. The Hall–Kier alpha value is -1.78. The molecule has 1 aromatic rings. The summed E-state index contributed by atoms with van der Waals surface area (Å²) in [5.41, 5.74) is 0.528. The fourth-order valence-corrected chi connectivity index (χ4v) is 1.48. The van der Waals surface area contributed by atoms with Crippen LogP contribution in [0.1, 0.15) is 20.3 Å². The van der Waals surface area contributed by atoms with E-state index in [1.54, 1.807) is 6.07 Å². The van der Waals surface area contributed by atoms with Gasteiger partial charge in [0.05, 0.1) is 4.92 Å². The highest BCUT2D eigenvalue weighted by molar-refractivity contribution is 5.58. The zero-order valence-electron chi connectivity index (χ0n) is 10.4. The normalized spacial score (nSPS) is 10.6. The van der Waals surface area contributed by atoms with E-state index in [1.165, 1.54) is 12.1 Å². The van der Waals surface area contributed by atoms with Gasteiger partial charge in [-0.05, 0) is 18.4 Å². The van der Waals surface area contributed by atoms with Crippen molar-refractivity contribution in [1.82, 2.24) is 0 Å². The zero-order valence-corrected chi connectivity index (χ0v) is 10.4. The quantitative estimate of drug-likeness (QED) is 0.632. The summed E-state index contributed by atoms with van der Waals surface area (Å²) >= 11 is 0. The Morgan fingerprint density at radius 3 is 2.59 bits per heavy atom. The molecule has 0 radical (unpaired) electrons. The van der Waals surface area contributed by atoms with Crippen LogP contribution in [0.2, 0.25) is 0 Å². The van der Waals surface area contributed by atoms with Crippen molar-refractivity contribution in [2.75, 3.05) is 18.5 Å². The van der Waals surface area contributed by atoms with Crippen molar-refractivity contribution < 1.29 is 10.0 Å². The molecule has 0 spiro atoms. The van der Waals surface area contributed by atoms with E-state index in [9.17, 15) is 15.2 Å². The Kier molecular flexibility index (Phi) is 4.31. The molecule has 0 saturated heterocycles. The number of rotatable bonds is 5. The molecule has 0 unspecified atom stereocenters. The van der Waals surface area contributed by atoms with Gasteiger partial charge >= 0.3 is 5.69 Å². The van der Waals surface area contributed by atoms with E-state index in [0.29, 0.717) is 5.92 Å². The summed E-state index contributed by atoms with van der Waals surface area (Å²) in [4.78, 5) is 11.9. The Morgan fingerprint density at radius 1 is 1.47 bits per heavy atom. The van der Waals surface area contributed by atoms with Gasteiger partial charge in [-0.25, -0.2) is 0 Å². The average Bonchev–Trinajstić information content (AvgIpc) is 2.25. The van der Waals surface area contributed by atoms with Gasteiger partial charge in [0.2, 0.25) is 0 Å². The summed E-state index contributed by atoms with van der Waals surface area (Å²) < 4.78 is 0. The molecule has 5 heteroatoms. The molecule has 0 aliphatic rings. The molecule has 1 aromatic carbocycles. The summed E-state index contributed by atoms with van der Waals surface area (Å²) in [5.74, 6) is 0.313. The minimum absolute atomic E-state index is 0.258. The third kappa shape index (κ3) is 3.62. The van der Waals surface area contributed by atoms with Crippen molar-refractivity contribution in [3.63, 3.8) is 0 Å². The fraction of sp³-hybridized carbons (Fsp3) is 0.500. The lowest BCUT2D eigenvalue weighted by Crippen LogP contribution is -2.19. The minimum atomic E-state index is -0.590. The van der Waals surface area contributed by atoms with Crippen molar-refractivity contribution in [3.8, 4) is 5.75 Å². The monoisotopic (exact) mass is 238 g/mol. The van der Waals surface area contributed by atoms with Gasteiger partial charge in [0.25, 0.3) is 0 Å². The highest BCUT2D eigenvalue weighted by Gasteiger charge is 2.14. The first-order valence-corrected chi connectivity index (χ1v) is 5.60. The van der Waals surface area contributed by atoms with Gasteiger partial charge in [0.1, 0.15) is 0 Å². The molecular weight excluding hydrogens is 220 g/mol. The van der Waals surface area contributed by atoms with E-state index in [-0.39, 0.29) is 11.4 Å². The molecule has 0 heterocycles. The van der Waals surface area contributed by atoms with Crippen LogP contribution in [0.5, 0.6) is 5.75 Å². The lowest BCUT2D eigenvalue weighted by atomic mass is 10.1. The largest absolute Gasteiger partial charge is 0.502 e. The Labute approximate surface area is 101 Å². The van der Waals surface area contributed by atoms with E-state index < -0.39 is 4.92 Å². The van der Waals surface area contributed by atoms with Gasteiger partial charge in [-0.15, -0.1) is 0 Å². The van der Waals surface area contributed by atoms with E-state index in [1.807, 2.05) is 11.9 Å². The number of hydrogen-bond donors (Lipinski definition) is 1. The van der Waals surface area contributed by atoms with Gasteiger partial charge in [0.15, 0.2) is 5.75 Å². The Balaban J connectivity index is 2.79. The Bertz CT molecular complexity index is 405. The van der Waals surface area contributed by atoms with Crippen molar-refractivity contribution in [2.24, 2.45) is 5.92 Å². The molecule has 0 aliphatic carbocycles. The molecule has 0 bridgehead atoms. The van der Waals surface area contributed by atoms with Gasteiger partial charge < -0.3 is 10.0 Å². The van der Waals surface area contributed by atoms with E-state index in [0.717, 1.165) is 18.7 Å². The number of nitro groups is 1. The Morgan fingerprint density at radius 2 is 2.12 bits per heavy atom. The van der Waals surface area contributed by atoms with Gasteiger partial charge in [-0.1, -0.05) is 13.8 Å². The predicted octanol–water partition coefficient (Wildman–Crippen LogP) is 2.78. The van der Waals surface area contributed by atoms with Gasteiger partial charge in [0, 0.05) is 31.4 Å². The van der Waals surface area contributed by atoms with Crippen LogP contribution in [-0.4, -0.2) is 23.6 Å². The summed E-state index contributed by atoms with van der Waals surface area (Å²) in [5, 5.41) is 20.1. The summed E-state index contributed by atoms with van der Waals surface area (Å²) in [6.07, 6.45) is 1.04.